The van der Waals surface area contributed by atoms with Crippen LogP contribution < -0.4 is 10.5 Å². The van der Waals surface area contributed by atoms with Crippen LogP contribution in [0.2, 0.25) is 0 Å². The van der Waals surface area contributed by atoms with Crippen LogP contribution in [0.5, 0.6) is 5.88 Å². The minimum atomic E-state index is -0.730. The maximum absolute atomic E-state index is 11.2. The predicted octanol–water partition coefficient (Wildman–Crippen LogP) is 1.50. The zero-order valence-corrected chi connectivity index (χ0v) is 12.4. The van der Waals surface area contributed by atoms with E-state index in [1.165, 1.54) is 0 Å². The average molecular weight is 300 g/mol. The molecule has 3 N–H and O–H groups in total. The molecule has 1 aromatic heterocycles. The lowest BCUT2D eigenvalue weighted by molar-refractivity contribution is 0.0989. The molecule has 1 amide bonds. The van der Waals surface area contributed by atoms with Crippen molar-refractivity contribution in [3.63, 3.8) is 0 Å². The Morgan fingerprint density at radius 1 is 1.32 bits per heavy atom. The molecule has 0 atom stereocenters. The van der Waals surface area contributed by atoms with Gasteiger partial charge in [0, 0.05) is 6.61 Å². The molecule has 0 bridgehead atoms. The molecule has 1 heterocycles. The van der Waals surface area contributed by atoms with Gasteiger partial charge < -0.3 is 15.6 Å². The number of aryl methyl sites for hydroxylation is 1. The molecule has 0 saturated heterocycles. The minimum absolute atomic E-state index is 0.108. The number of benzene rings is 1. The topological polar surface area (TPSA) is 98.3 Å². The zero-order chi connectivity index (χ0) is 15.9. The van der Waals surface area contributed by atoms with Crippen molar-refractivity contribution in [2.24, 2.45) is 5.73 Å². The molecule has 0 unspecified atom stereocenters. The van der Waals surface area contributed by atoms with Gasteiger partial charge in [0.25, 0.3) is 5.91 Å². The second kappa shape index (κ2) is 7.51. The molecule has 0 spiro atoms. The Morgan fingerprint density at radius 2 is 2.05 bits per heavy atom. The van der Waals surface area contributed by atoms with E-state index in [4.69, 9.17) is 15.6 Å². The van der Waals surface area contributed by atoms with E-state index >= 15 is 0 Å². The fourth-order valence-electron chi connectivity index (χ4n) is 1.84. The molecule has 2 aromatic rings. The van der Waals surface area contributed by atoms with Crippen LogP contribution in [0, 0.1) is 13.1 Å². The highest BCUT2D eigenvalue weighted by molar-refractivity contribution is 5.89. The SMILES string of the molecule is Cc1ccc(-c2[c]nc(C(N)=O)nc2OCCCCO)cc1. The number of aliphatic hydroxyl groups is 1. The number of hydrogen-bond donors (Lipinski definition) is 2. The molecule has 6 heteroatoms. The fourth-order valence-corrected chi connectivity index (χ4v) is 1.84. The van der Waals surface area contributed by atoms with E-state index < -0.39 is 5.91 Å². The van der Waals surface area contributed by atoms with Gasteiger partial charge in [-0.2, -0.15) is 4.98 Å². The van der Waals surface area contributed by atoms with E-state index in [1.54, 1.807) is 0 Å². The Morgan fingerprint density at radius 3 is 2.68 bits per heavy atom. The van der Waals surface area contributed by atoms with Crippen molar-refractivity contribution >= 4 is 5.91 Å². The first kappa shape index (κ1) is 15.9. The quantitative estimate of drug-likeness (QED) is 0.755. The largest absolute Gasteiger partial charge is 0.477 e. The third-order valence-corrected chi connectivity index (χ3v) is 3.05. The first-order chi connectivity index (χ1) is 10.6. The summed E-state index contributed by atoms with van der Waals surface area (Å²) in [5.74, 6) is -0.592. The summed E-state index contributed by atoms with van der Waals surface area (Å²) in [6, 6.07) is 7.74. The van der Waals surface area contributed by atoms with Crippen LogP contribution in [-0.4, -0.2) is 34.2 Å². The average Bonchev–Trinajstić information content (AvgIpc) is 2.52. The van der Waals surface area contributed by atoms with Gasteiger partial charge in [0.15, 0.2) is 0 Å². The maximum atomic E-state index is 11.2. The van der Waals surface area contributed by atoms with Gasteiger partial charge in [-0.25, -0.2) is 4.98 Å². The Labute approximate surface area is 129 Å². The van der Waals surface area contributed by atoms with E-state index in [9.17, 15) is 4.79 Å². The van der Waals surface area contributed by atoms with Gasteiger partial charge in [-0.05, 0) is 25.3 Å². The molecule has 0 aliphatic rings. The third-order valence-electron chi connectivity index (χ3n) is 3.05. The van der Waals surface area contributed by atoms with Gasteiger partial charge >= 0.3 is 0 Å². The summed E-state index contributed by atoms with van der Waals surface area (Å²) in [6.07, 6.45) is 4.09. The molecule has 0 aliphatic carbocycles. The number of carbonyl (C=O) groups is 1. The van der Waals surface area contributed by atoms with Crippen LogP contribution in [0.4, 0.5) is 0 Å². The minimum Gasteiger partial charge on any atom is -0.477 e. The van der Waals surface area contributed by atoms with Gasteiger partial charge in [0.1, 0.15) is 6.20 Å². The highest BCUT2D eigenvalue weighted by Crippen LogP contribution is 2.27. The van der Waals surface area contributed by atoms with E-state index in [1.807, 2.05) is 31.2 Å². The molecule has 1 aromatic carbocycles. The highest BCUT2D eigenvalue weighted by atomic mass is 16.5. The summed E-state index contributed by atoms with van der Waals surface area (Å²) in [5.41, 5.74) is 7.75. The second-order valence-corrected chi connectivity index (χ2v) is 4.85. The molecule has 2 rings (SSSR count). The number of nitrogens with zero attached hydrogens (tertiary/aromatic N) is 2. The molecular weight excluding hydrogens is 282 g/mol. The van der Waals surface area contributed by atoms with Crippen molar-refractivity contribution in [2.75, 3.05) is 13.2 Å². The maximum Gasteiger partial charge on any atom is 0.286 e. The third kappa shape index (κ3) is 4.02. The Kier molecular flexibility index (Phi) is 5.43. The molecular formula is C16H18N3O3. The van der Waals surface area contributed by atoms with Crippen LogP contribution in [0.15, 0.2) is 24.3 Å². The fraction of sp³-hybridized carbons (Fsp3) is 0.312. The molecule has 6 nitrogen and oxygen atoms in total. The van der Waals surface area contributed by atoms with Gasteiger partial charge in [-0.1, -0.05) is 29.8 Å². The lowest BCUT2D eigenvalue weighted by Crippen LogP contribution is -2.16. The lowest BCUT2D eigenvalue weighted by atomic mass is 10.1. The Bertz CT molecular complexity index is 642. The van der Waals surface area contributed by atoms with E-state index in [0.29, 0.717) is 25.0 Å². The number of aliphatic hydroxyl groups excluding tert-OH is 1. The van der Waals surface area contributed by atoms with Crippen molar-refractivity contribution in [1.82, 2.24) is 9.97 Å². The second-order valence-electron chi connectivity index (χ2n) is 4.85. The summed E-state index contributed by atoms with van der Waals surface area (Å²) < 4.78 is 5.61. The summed E-state index contributed by atoms with van der Waals surface area (Å²) in [7, 11) is 0. The van der Waals surface area contributed by atoms with Crippen molar-refractivity contribution in [3.05, 3.63) is 41.9 Å². The van der Waals surface area contributed by atoms with Crippen molar-refractivity contribution in [1.29, 1.82) is 0 Å². The number of aromatic nitrogens is 2. The van der Waals surface area contributed by atoms with Crippen LogP contribution in [0.25, 0.3) is 11.1 Å². The van der Waals surface area contributed by atoms with Gasteiger partial charge in [-0.3, -0.25) is 4.79 Å². The van der Waals surface area contributed by atoms with E-state index in [0.717, 1.165) is 11.1 Å². The van der Waals surface area contributed by atoms with Crippen LogP contribution in [0.3, 0.4) is 0 Å². The monoisotopic (exact) mass is 300 g/mol. The van der Waals surface area contributed by atoms with Crippen LogP contribution in [-0.2, 0) is 0 Å². The predicted molar refractivity (Wildman–Crippen MR) is 81.4 cm³/mol. The van der Waals surface area contributed by atoms with Gasteiger partial charge in [0.05, 0.1) is 12.2 Å². The van der Waals surface area contributed by atoms with Crippen LogP contribution >= 0.6 is 0 Å². The summed E-state index contributed by atoms with van der Waals surface area (Å²) >= 11 is 0. The first-order valence-electron chi connectivity index (χ1n) is 7.02. The summed E-state index contributed by atoms with van der Waals surface area (Å²) in [4.78, 5) is 19.1. The summed E-state index contributed by atoms with van der Waals surface area (Å²) in [6.45, 7) is 2.48. The highest BCUT2D eigenvalue weighted by Gasteiger charge is 2.14. The lowest BCUT2D eigenvalue weighted by Gasteiger charge is -2.10. The van der Waals surface area contributed by atoms with Gasteiger partial charge in [-0.15, -0.1) is 0 Å². The van der Waals surface area contributed by atoms with E-state index in [2.05, 4.69) is 16.2 Å². The number of unbranched alkanes of at least 4 members (excludes halogenated alkanes) is 1. The zero-order valence-electron chi connectivity index (χ0n) is 12.4. The van der Waals surface area contributed by atoms with Gasteiger partial charge in [0.2, 0.25) is 11.7 Å². The van der Waals surface area contributed by atoms with Crippen molar-refractivity contribution in [2.45, 2.75) is 19.8 Å². The molecule has 22 heavy (non-hydrogen) atoms. The van der Waals surface area contributed by atoms with Crippen molar-refractivity contribution < 1.29 is 14.6 Å². The molecule has 0 fully saturated rings. The number of primary amides is 1. The standard InChI is InChI=1S/C16H18N3O3/c1-11-4-6-12(7-5-11)13-10-18-15(14(17)21)19-16(13)22-9-3-2-8-20/h4-7,20H,2-3,8-9H2,1H3,(H2,17,21). The smallest absolute Gasteiger partial charge is 0.286 e. The number of amides is 1. The number of hydrogen-bond acceptors (Lipinski definition) is 5. The van der Waals surface area contributed by atoms with Crippen LogP contribution in [0.1, 0.15) is 29.0 Å². The number of nitrogens with two attached hydrogens (primary N) is 1. The molecule has 0 aliphatic heterocycles. The van der Waals surface area contributed by atoms with Crippen molar-refractivity contribution in [3.8, 4) is 17.0 Å². The Hall–Kier alpha value is -2.47. The molecule has 1 radical (unpaired) electrons. The number of rotatable bonds is 7. The first-order valence-corrected chi connectivity index (χ1v) is 7.02. The molecule has 0 saturated carbocycles. The Balaban J connectivity index is 2.30. The van der Waals surface area contributed by atoms with E-state index in [-0.39, 0.29) is 18.3 Å². The normalized spacial score (nSPS) is 10.5. The number of ether oxygens (including phenoxy) is 1. The molecule has 115 valence electrons. The summed E-state index contributed by atoms with van der Waals surface area (Å²) in [5, 5.41) is 8.79. The number of carbonyl (C=O) groups excluding carboxylic acids is 1.